The molecule has 0 aromatic rings. The standard InChI is InChI=1S/C31H63N3O5Si/c1-16-17-18-32-26(35)25(22(4)5)34-27(36)31(12,13)20-24(39-40(14,15)30(9,10)11)23(19-21(2)3)33-28(37)38-29(6,7)8/h21-25H,16-20H2,1-15H3,(H,32,35)(H,33,37)(H,34,36)/t23-,24+,25-/m0/s1. The summed E-state index contributed by atoms with van der Waals surface area (Å²) in [5.41, 5.74) is -1.50. The minimum Gasteiger partial charge on any atom is -0.444 e. The number of nitrogens with one attached hydrogen (secondary N) is 3. The molecule has 0 bridgehead atoms. The molecule has 0 heterocycles. The van der Waals surface area contributed by atoms with E-state index < -0.39 is 37.6 Å². The third kappa shape index (κ3) is 13.8. The van der Waals surface area contributed by atoms with Crippen molar-refractivity contribution in [3.8, 4) is 0 Å². The highest BCUT2D eigenvalue weighted by Gasteiger charge is 2.44. The SMILES string of the molecule is CCCCNC(=O)[C@@H](NC(=O)C(C)(C)C[C@@H](O[Si](C)(C)C(C)(C)C)[C@H](CC(C)C)NC(=O)OC(C)(C)C)C(C)C. The Morgan fingerprint density at radius 1 is 0.875 bits per heavy atom. The first-order chi connectivity index (χ1) is 17.9. The average Bonchev–Trinajstić information content (AvgIpc) is 2.73. The first-order valence-corrected chi connectivity index (χ1v) is 18.1. The maximum Gasteiger partial charge on any atom is 0.407 e. The molecule has 0 radical (unpaired) electrons. The molecule has 0 aliphatic carbocycles. The summed E-state index contributed by atoms with van der Waals surface area (Å²) < 4.78 is 12.6. The van der Waals surface area contributed by atoms with E-state index in [4.69, 9.17) is 9.16 Å². The van der Waals surface area contributed by atoms with E-state index in [9.17, 15) is 14.4 Å². The van der Waals surface area contributed by atoms with Gasteiger partial charge >= 0.3 is 6.09 Å². The fourth-order valence-electron chi connectivity index (χ4n) is 4.06. The molecule has 3 amide bonds. The van der Waals surface area contributed by atoms with Gasteiger partial charge in [0, 0.05) is 12.0 Å². The van der Waals surface area contributed by atoms with Crippen LogP contribution >= 0.6 is 0 Å². The molecule has 0 unspecified atom stereocenters. The van der Waals surface area contributed by atoms with Crippen LogP contribution in [0.25, 0.3) is 0 Å². The summed E-state index contributed by atoms with van der Waals surface area (Å²) in [6, 6.07) is -0.982. The van der Waals surface area contributed by atoms with Gasteiger partial charge in [-0.05, 0) is 70.0 Å². The van der Waals surface area contributed by atoms with E-state index in [-0.39, 0.29) is 34.7 Å². The van der Waals surface area contributed by atoms with Crippen molar-refractivity contribution in [3.63, 3.8) is 0 Å². The van der Waals surface area contributed by atoms with E-state index in [1.165, 1.54) is 0 Å². The number of hydrogen-bond acceptors (Lipinski definition) is 5. The normalized spacial score (nSPS) is 15.4. The topological polar surface area (TPSA) is 106 Å². The van der Waals surface area contributed by atoms with Gasteiger partial charge in [0.25, 0.3) is 0 Å². The number of ether oxygens (including phenoxy) is 1. The lowest BCUT2D eigenvalue weighted by Gasteiger charge is -2.44. The summed E-state index contributed by atoms with van der Waals surface area (Å²) >= 11 is 0. The van der Waals surface area contributed by atoms with Crippen molar-refractivity contribution >= 4 is 26.2 Å². The van der Waals surface area contributed by atoms with Crippen LogP contribution in [-0.2, 0) is 18.8 Å². The smallest absolute Gasteiger partial charge is 0.407 e. The number of amides is 3. The molecule has 0 aliphatic rings. The van der Waals surface area contributed by atoms with Gasteiger partial charge in [-0.1, -0.05) is 75.7 Å². The van der Waals surface area contributed by atoms with Gasteiger partial charge < -0.3 is 25.1 Å². The lowest BCUT2D eigenvalue weighted by atomic mass is 9.82. The van der Waals surface area contributed by atoms with Crippen LogP contribution in [-0.4, -0.2) is 56.6 Å². The molecule has 0 fully saturated rings. The quantitative estimate of drug-likeness (QED) is 0.145. The van der Waals surface area contributed by atoms with Crippen molar-refractivity contribution in [2.75, 3.05) is 6.54 Å². The molecule has 3 N–H and O–H groups in total. The van der Waals surface area contributed by atoms with Gasteiger partial charge in [0.05, 0.1) is 12.1 Å². The Hall–Kier alpha value is -1.61. The zero-order valence-electron chi connectivity index (χ0n) is 28.5. The molecule has 0 aliphatic heterocycles. The monoisotopic (exact) mass is 585 g/mol. The van der Waals surface area contributed by atoms with E-state index in [2.05, 4.69) is 70.6 Å². The van der Waals surface area contributed by atoms with Crippen LogP contribution in [0.4, 0.5) is 4.79 Å². The molecule has 0 saturated heterocycles. The fourth-order valence-corrected chi connectivity index (χ4v) is 5.42. The van der Waals surface area contributed by atoms with Crippen molar-refractivity contribution in [2.24, 2.45) is 17.3 Å². The third-order valence-electron chi connectivity index (χ3n) is 7.52. The summed E-state index contributed by atoms with van der Waals surface area (Å²) in [7, 11) is -2.29. The zero-order chi connectivity index (χ0) is 31.7. The minimum atomic E-state index is -2.29. The number of hydrogen-bond donors (Lipinski definition) is 3. The second-order valence-corrected chi connectivity index (χ2v) is 20.0. The summed E-state index contributed by atoms with van der Waals surface area (Å²) in [4.78, 5) is 39.5. The van der Waals surface area contributed by atoms with E-state index in [0.29, 0.717) is 19.4 Å². The molecule has 0 saturated carbocycles. The molecule has 0 rings (SSSR count). The second-order valence-electron chi connectivity index (χ2n) is 15.2. The minimum absolute atomic E-state index is 0.0642. The Morgan fingerprint density at radius 2 is 1.43 bits per heavy atom. The Balaban J connectivity index is 6.23. The lowest BCUT2D eigenvalue weighted by Crippen LogP contribution is -2.56. The van der Waals surface area contributed by atoms with E-state index in [0.717, 1.165) is 12.8 Å². The van der Waals surface area contributed by atoms with Gasteiger partial charge in [-0.15, -0.1) is 0 Å². The molecule has 8 nitrogen and oxygen atoms in total. The van der Waals surface area contributed by atoms with Crippen LogP contribution in [0.1, 0.15) is 116 Å². The van der Waals surface area contributed by atoms with Crippen molar-refractivity contribution in [1.29, 1.82) is 0 Å². The van der Waals surface area contributed by atoms with Crippen LogP contribution in [0.2, 0.25) is 18.1 Å². The second kappa shape index (κ2) is 15.6. The Morgan fingerprint density at radius 3 is 1.85 bits per heavy atom. The van der Waals surface area contributed by atoms with Crippen LogP contribution in [0, 0.1) is 17.3 Å². The van der Waals surface area contributed by atoms with Crippen LogP contribution in [0.5, 0.6) is 0 Å². The van der Waals surface area contributed by atoms with Gasteiger partial charge in [-0.2, -0.15) is 0 Å². The zero-order valence-corrected chi connectivity index (χ0v) is 29.5. The Bertz CT molecular complexity index is 813. The molecule has 0 aromatic heterocycles. The van der Waals surface area contributed by atoms with Crippen molar-refractivity contribution in [3.05, 3.63) is 0 Å². The Kier molecular flexibility index (Phi) is 14.9. The molecule has 3 atom stereocenters. The number of alkyl carbamates (subject to hydrolysis) is 1. The molecule has 0 aromatic carbocycles. The van der Waals surface area contributed by atoms with Crippen molar-refractivity contribution in [1.82, 2.24) is 16.0 Å². The van der Waals surface area contributed by atoms with E-state index >= 15 is 0 Å². The number of unbranched alkanes of at least 4 members (excludes halogenated alkanes) is 1. The summed E-state index contributed by atoms with van der Waals surface area (Å²) in [5, 5.41) is 9.00. The van der Waals surface area contributed by atoms with E-state index in [1.54, 1.807) is 0 Å². The van der Waals surface area contributed by atoms with Crippen LogP contribution < -0.4 is 16.0 Å². The number of carbonyl (C=O) groups excluding carboxylic acids is 3. The van der Waals surface area contributed by atoms with Gasteiger partial charge in [0.2, 0.25) is 11.8 Å². The maximum absolute atomic E-state index is 13.7. The summed E-state index contributed by atoms with van der Waals surface area (Å²) in [6.07, 6.45) is 2.01. The van der Waals surface area contributed by atoms with Gasteiger partial charge in [-0.3, -0.25) is 9.59 Å². The highest BCUT2D eigenvalue weighted by molar-refractivity contribution is 6.74. The maximum atomic E-state index is 13.7. The highest BCUT2D eigenvalue weighted by atomic mass is 28.4. The van der Waals surface area contributed by atoms with Crippen molar-refractivity contribution < 1.29 is 23.5 Å². The molecule has 0 spiro atoms. The predicted octanol–water partition coefficient (Wildman–Crippen LogP) is 6.79. The van der Waals surface area contributed by atoms with Crippen LogP contribution in [0.3, 0.4) is 0 Å². The highest BCUT2D eigenvalue weighted by Crippen LogP contribution is 2.40. The Labute approximate surface area is 247 Å². The van der Waals surface area contributed by atoms with Gasteiger partial charge in [0.15, 0.2) is 8.32 Å². The fraction of sp³-hybridized carbons (Fsp3) is 0.903. The first kappa shape index (κ1) is 38.4. The number of rotatable bonds is 15. The number of carbonyl (C=O) groups is 3. The summed E-state index contributed by atoms with van der Waals surface area (Å²) in [6.45, 7) is 30.9. The van der Waals surface area contributed by atoms with E-state index in [1.807, 2.05) is 48.5 Å². The molecular weight excluding hydrogens is 522 g/mol. The average molecular weight is 586 g/mol. The molecule has 40 heavy (non-hydrogen) atoms. The lowest BCUT2D eigenvalue weighted by molar-refractivity contribution is -0.136. The third-order valence-corrected chi connectivity index (χ3v) is 12.0. The molecule has 9 heteroatoms. The van der Waals surface area contributed by atoms with Crippen molar-refractivity contribution in [2.45, 2.75) is 158 Å². The van der Waals surface area contributed by atoms with Crippen LogP contribution in [0.15, 0.2) is 0 Å². The molecular formula is C31H63N3O5Si. The largest absolute Gasteiger partial charge is 0.444 e. The molecule has 236 valence electrons. The van der Waals surface area contributed by atoms with Gasteiger partial charge in [0.1, 0.15) is 11.6 Å². The predicted molar refractivity (Wildman–Crippen MR) is 168 cm³/mol. The summed E-state index contributed by atoms with van der Waals surface area (Å²) in [5.74, 6) is -0.158. The van der Waals surface area contributed by atoms with Gasteiger partial charge in [-0.25, -0.2) is 4.79 Å². The first-order valence-electron chi connectivity index (χ1n) is 15.2.